The molecule has 4 heteroatoms. The monoisotopic (exact) mass is 245 g/mol. The summed E-state index contributed by atoms with van der Waals surface area (Å²) in [6.45, 7) is 2.60. The Labute approximate surface area is 102 Å². The second-order valence-electron chi connectivity index (χ2n) is 3.91. The molecule has 1 aromatic carbocycles. The minimum Gasteiger partial charge on any atom is -0.372 e. The van der Waals surface area contributed by atoms with Crippen LogP contribution in [0.3, 0.4) is 0 Å². The maximum Gasteiger partial charge on any atom is 0.123 e. The summed E-state index contributed by atoms with van der Waals surface area (Å²) in [6.07, 6.45) is 2.60. The van der Waals surface area contributed by atoms with Crippen molar-refractivity contribution < 1.29 is 9.13 Å². The molecule has 90 valence electrons. The number of halogens is 2. The van der Waals surface area contributed by atoms with E-state index < -0.39 is 0 Å². The fraction of sp³-hybridized carbons (Fsp3) is 0.500. The van der Waals surface area contributed by atoms with Crippen LogP contribution >= 0.6 is 12.4 Å². The van der Waals surface area contributed by atoms with Crippen LogP contribution < -0.4 is 5.32 Å². The van der Waals surface area contributed by atoms with Crippen LogP contribution in [0.4, 0.5) is 4.39 Å². The molecule has 1 fully saturated rings. The first-order valence-electron chi connectivity index (χ1n) is 5.41. The number of ether oxygens (including phenoxy) is 1. The van der Waals surface area contributed by atoms with Crippen molar-refractivity contribution in [3.05, 3.63) is 35.6 Å². The van der Waals surface area contributed by atoms with Crippen molar-refractivity contribution in [2.45, 2.75) is 25.6 Å². The lowest BCUT2D eigenvalue weighted by Gasteiger charge is -2.23. The average Bonchev–Trinajstić information content (AvgIpc) is 2.30. The minimum atomic E-state index is -0.196. The molecule has 1 atom stereocenters. The summed E-state index contributed by atoms with van der Waals surface area (Å²) in [6, 6.07) is 6.48. The highest BCUT2D eigenvalue weighted by Crippen LogP contribution is 2.10. The molecule has 2 nitrogen and oxygen atoms in total. The van der Waals surface area contributed by atoms with Crippen molar-refractivity contribution in [1.29, 1.82) is 0 Å². The van der Waals surface area contributed by atoms with Gasteiger partial charge in [0, 0.05) is 6.54 Å². The van der Waals surface area contributed by atoms with E-state index in [0.717, 1.165) is 25.1 Å². The zero-order valence-electron chi connectivity index (χ0n) is 9.12. The van der Waals surface area contributed by atoms with E-state index >= 15 is 0 Å². The van der Waals surface area contributed by atoms with Gasteiger partial charge >= 0.3 is 0 Å². The molecule has 1 N–H and O–H groups in total. The molecule has 0 aromatic heterocycles. The van der Waals surface area contributed by atoms with Crippen LogP contribution in [0.15, 0.2) is 24.3 Å². The number of benzene rings is 1. The molecular weight excluding hydrogens is 229 g/mol. The van der Waals surface area contributed by atoms with Crippen molar-refractivity contribution >= 4 is 12.4 Å². The Morgan fingerprint density at radius 2 is 2.06 bits per heavy atom. The second kappa shape index (κ2) is 6.84. The topological polar surface area (TPSA) is 21.3 Å². The predicted octanol–water partition coefficient (Wildman–Crippen LogP) is 2.52. The fourth-order valence-corrected chi connectivity index (χ4v) is 1.76. The van der Waals surface area contributed by atoms with Gasteiger partial charge in [-0.3, -0.25) is 0 Å². The zero-order chi connectivity index (χ0) is 10.5. The summed E-state index contributed by atoms with van der Waals surface area (Å²) in [5, 5.41) is 3.30. The van der Waals surface area contributed by atoms with E-state index in [9.17, 15) is 4.39 Å². The molecule has 0 spiro atoms. The molecule has 0 bridgehead atoms. The van der Waals surface area contributed by atoms with Crippen LogP contribution in [0.25, 0.3) is 0 Å². The minimum absolute atomic E-state index is 0. The average molecular weight is 246 g/mol. The Kier molecular flexibility index (Phi) is 5.74. The Morgan fingerprint density at radius 1 is 1.31 bits per heavy atom. The highest BCUT2D eigenvalue weighted by Gasteiger charge is 2.12. The molecule has 2 rings (SSSR count). The first kappa shape index (κ1) is 13.4. The fourth-order valence-electron chi connectivity index (χ4n) is 1.76. The summed E-state index contributed by atoms with van der Waals surface area (Å²) < 4.78 is 18.4. The molecule has 1 unspecified atom stereocenters. The third-order valence-corrected chi connectivity index (χ3v) is 2.65. The second-order valence-corrected chi connectivity index (χ2v) is 3.91. The van der Waals surface area contributed by atoms with Gasteiger partial charge in [-0.1, -0.05) is 12.1 Å². The van der Waals surface area contributed by atoms with Crippen LogP contribution in [0, 0.1) is 5.82 Å². The first-order chi connectivity index (χ1) is 7.34. The van der Waals surface area contributed by atoms with Gasteiger partial charge in [-0.25, -0.2) is 4.39 Å². The van der Waals surface area contributed by atoms with Crippen LogP contribution in [0.5, 0.6) is 0 Å². The Balaban J connectivity index is 0.00000128. The van der Waals surface area contributed by atoms with Gasteiger partial charge in [0.05, 0.1) is 12.7 Å². The lowest BCUT2D eigenvalue weighted by Crippen LogP contribution is -2.35. The maximum atomic E-state index is 12.6. The highest BCUT2D eigenvalue weighted by atomic mass is 35.5. The van der Waals surface area contributed by atoms with Gasteiger partial charge in [0.1, 0.15) is 5.82 Å². The summed E-state index contributed by atoms with van der Waals surface area (Å²) in [4.78, 5) is 0. The molecule has 0 amide bonds. The molecule has 1 saturated heterocycles. The van der Waals surface area contributed by atoms with E-state index in [1.807, 2.05) is 0 Å². The SMILES string of the molecule is Cl.Fc1ccc(COC2CCCNC2)cc1. The largest absolute Gasteiger partial charge is 0.372 e. The third kappa shape index (κ3) is 4.08. The number of piperidine rings is 1. The van der Waals surface area contributed by atoms with Crippen LogP contribution in [0.1, 0.15) is 18.4 Å². The highest BCUT2D eigenvalue weighted by molar-refractivity contribution is 5.85. The Bertz CT molecular complexity index is 298. The summed E-state index contributed by atoms with van der Waals surface area (Å²) in [5.41, 5.74) is 1.03. The quantitative estimate of drug-likeness (QED) is 0.884. The molecule has 0 aliphatic carbocycles. The van der Waals surface area contributed by atoms with Gasteiger partial charge in [0.2, 0.25) is 0 Å². The van der Waals surface area contributed by atoms with Gasteiger partial charge in [-0.05, 0) is 37.1 Å². The number of hydrogen-bond acceptors (Lipinski definition) is 2. The molecule has 1 aliphatic rings. The van der Waals surface area contributed by atoms with Crippen molar-refractivity contribution in [1.82, 2.24) is 5.32 Å². The molecule has 0 radical (unpaired) electrons. The van der Waals surface area contributed by atoms with Gasteiger partial charge in [0.25, 0.3) is 0 Å². The number of rotatable bonds is 3. The van der Waals surface area contributed by atoms with Crippen molar-refractivity contribution in [2.24, 2.45) is 0 Å². The standard InChI is InChI=1S/C12H16FNO.ClH/c13-11-5-3-10(4-6-11)9-15-12-2-1-7-14-8-12;/h3-6,12,14H,1-2,7-9H2;1H. The van der Waals surface area contributed by atoms with E-state index in [1.54, 1.807) is 12.1 Å². The third-order valence-electron chi connectivity index (χ3n) is 2.65. The van der Waals surface area contributed by atoms with Gasteiger partial charge in [-0.15, -0.1) is 12.4 Å². The summed E-state index contributed by atoms with van der Waals surface area (Å²) in [7, 11) is 0. The Morgan fingerprint density at radius 3 is 2.69 bits per heavy atom. The zero-order valence-corrected chi connectivity index (χ0v) is 9.93. The van der Waals surface area contributed by atoms with Crippen molar-refractivity contribution in [3.8, 4) is 0 Å². The lowest BCUT2D eigenvalue weighted by molar-refractivity contribution is 0.0253. The number of nitrogens with one attached hydrogen (secondary N) is 1. The molecule has 0 saturated carbocycles. The first-order valence-corrected chi connectivity index (χ1v) is 5.41. The number of hydrogen-bond donors (Lipinski definition) is 1. The lowest BCUT2D eigenvalue weighted by atomic mass is 10.1. The van der Waals surface area contributed by atoms with Crippen molar-refractivity contribution in [2.75, 3.05) is 13.1 Å². The molecule has 1 aromatic rings. The van der Waals surface area contributed by atoms with Crippen LogP contribution in [0.2, 0.25) is 0 Å². The maximum absolute atomic E-state index is 12.6. The normalized spacial score (nSPS) is 20.2. The summed E-state index contributed by atoms with van der Waals surface area (Å²) in [5.74, 6) is -0.196. The smallest absolute Gasteiger partial charge is 0.123 e. The molecule has 16 heavy (non-hydrogen) atoms. The molecule has 1 aliphatic heterocycles. The summed E-state index contributed by atoms with van der Waals surface area (Å²) >= 11 is 0. The van der Waals surface area contributed by atoms with Gasteiger partial charge in [0.15, 0.2) is 0 Å². The molecular formula is C12H17ClFNO. The van der Waals surface area contributed by atoms with Crippen LogP contribution in [-0.2, 0) is 11.3 Å². The van der Waals surface area contributed by atoms with E-state index in [-0.39, 0.29) is 18.2 Å². The van der Waals surface area contributed by atoms with E-state index in [4.69, 9.17) is 4.74 Å². The van der Waals surface area contributed by atoms with Crippen LogP contribution in [-0.4, -0.2) is 19.2 Å². The van der Waals surface area contributed by atoms with Gasteiger partial charge < -0.3 is 10.1 Å². The van der Waals surface area contributed by atoms with E-state index in [1.165, 1.54) is 18.6 Å². The van der Waals surface area contributed by atoms with E-state index in [0.29, 0.717) is 12.7 Å². The van der Waals surface area contributed by atoms with Crippen molar-refractivity contribution in [3.63, 3.8) is 0 Å². The van der Waals surface area contributed by atoms with Gasteiger partial charge in [-0.2, -0.15) is 0 Å². The predicted molar refractivity (Wildman–Crippen MR) is 64.3 cm³/mol. The molecule has 1 heterocycles. The van der Waals surface area contributed by atoms with E-state index in [2.05, 4.69) is 5.32 Å². The Hall–Kier alpha value is -0.640.